The van der Waals surface area contributed by atoms with Crippen molar-refractivity contribution in [2.75, 3.05) is 37.7 Å². The van der Waals surface area contributed by atoms with Crippen LogP contribution in [-0.4, -0.2) is 49.4 Å². The zero-order valence-corrected chi connectivity index (χ0v) is 16.6. The van der Waals surface area contributed by atoms with Crippen LogP contribution in [-0.2, 0) is 11.0 Å². The number of halogens is 3. The molecule has 1 heterocycles. The first kappa shape index (κ1) is 21.7. The van der Waals surface area contributed by atoms with E-state index in [-0.39, 0.29) is 18.3 Å². The van der Waals surface area contributed by atoms with Gasteiger partial charge >= 0.3 is 6.18 Å². The Morgan fingerprint density at radius 3 is 2.27 bits per heavy atom. The molecule has 0 N–H and O–H groups in total. The molecule has 0 aliphatic carbocycles. The molecule has 1 fully saturated rings. The molecule has 1 saturated heterocycles. The van der Waals surface area contributed by atoms with Crippen LogP contribution in [0.1, 0.15) is 29.3 Å². The number of hydrogen-bond donors (Lipinski definition) is 0. The molecule has 0 spiro atoms. The Kier molecular flexibility index (Phi) is 6.64. The van der Waals surface area contributed by atoms with Crippen LogP contribution in [0.4, 0.5) is 18.9 Å². The van der Waals surface area contributed by atoms with Crippen molar-refractivity contribution in [3.05, 3.63) is 59.7 Å². The average molecular weight is 420 g/mol. The maximum absolute atomic E-state index is 12.9. The van der Waals surface area contributed by atoms with Gasteiger partial charge in [-0.15, -0.1) is 0 Å². The maximum Gasteiger partial charge on any atom is 0.416 e. The second-order valence-electron chi connectivity index (χ2n) is 7.01. The molecule has 0 aromatic heterocycles. The van der Waals surface area contributed by atoms with Crippen LogP contribution >= 0.6 is 0 Å². The summed E-state index contributed by atoms with van der Waals surface area (Å²) in [6.45, 7) is 3.36. The second-order valence-corrected chi connectivity index (χ2v) is 7.01. The van der Waals surface area contributed by atoms with Crippen LogP contribution < -0.4 is 9.64 Å². The molecular formula is C22H23F3N2O3. The van der Waals surface area contributed by atoms with Gasteiger partial charge in [0.05, 0.1) is 5.56 Å². The molecular weight excluding hydrogens is 397 g/mol. The average Bonchev–Trinajstić information content (AvgIpc) is 2.77. The number of hydrogen-bond acceptors (Lipinski definition) is 4. The number of rotatable bonds is 6. The molecule has 5 nitrogen and oxygen atoms in total. The van der Waals surface area contributed by atoms with Crippen molar-refractivity contribution in [2.24, 2.45) is 0 Å². The van der Waals surface area contributed by atoms with Crippen LogP contribution in [0.25, 0.3) is 0 Å². The highest BCUT2D eigenvalue weighted by molar-refractivity contribution is 5.95. The van der Waals surface area contributed by atoms with E-state index in [9.17, 15) is 22.8 Å². The largest absolute Gasteiger partial charge is 0.484 e. The van der Waals surface area contributed by atoms with E-state index in [1.807, 2.05) is 4.90 Å². The van der Waals surface area contributed by atoms with Gasteiger partial charge in [-0.1, -0.05) is 13.0 Å². The summed E-state index contributed by atoms with van der Waals surface area (Å²) in [5, 5.41) is 0. The van der Waals surface area contributed by atoms with Crippen molar-refractivity contribution in [1.29, 1.82) is 0 Å². The van der Waals surface area contributed by atoms with E-state index in [4.69, 9.17) is 4.74 Å². The fourth-order valence-electron chi connectivity index (χ4n) is 3.27. The molecule has 8 heteroatoms. The molecule has 2 aromatic rings. The number of amides is 1. The van der Waals surface area contributed by atoms with Gasteiger partial charge in [0.25, 0.3) is 5.91 Å². The van der Waals surface area contributed by atoms with Crippen molar-refractivity contribution in [3.63, 3.8) is 0 Å². The maximum atomic E-state index is 12.9. The molecule has 0 bridgehead atoms. The Hall–Kier alpha value is -3.03. The van der Waals surface area contributed by atoms with E-state index < -0.39 is 11.7 Å². The number of carbonyl (C=O) groups is 2. The highest BCUT2D eigenvalue weighted by Gasteiger charge is 2.31. The first-order valence-electron chi connectivity index (χ1n) is 9.74. The number of Topliss-reactive ketones (excluding diaryl/α,β-unsaturated/α-hetero) is 1. The standard InChI is InChI=1S/C22H23F3N2O3/c1-2-20(28)16-6-8-19(9-7-16)30-15-21(29)27-12-10-26(11-13-27)18-5-3-4-17(14-18)22(23,24)25/h3-9,14H,2,10-13,15H2,1H3. The van der Waals surface area contributed by atoms with Crippen LogP contribution in [0.15, 0.2) is 48.5 Å². The Morgan fingerprint density at radius 2 is 1.67 bits per heavy atom. The fraction of sp³-hybridized carbons (Fsp3) is 0.364. The zero-order valence-electron chi connectivity index (χ0n) is 16.6. The lowest BCUT2D eigenvalue weighted by Gasteiger charge is -2.36. The summed E-state index contributed by atoms with van der Waals surface area (Å²) in [5.74, 6) is 0.349. The summed E-state index contributed by atoms with van der Waals surface area (Å²) in [5.41, 5.74) is 0.412. The third kappa shape index (κ3) is 5.31. The molecule has 1 aliphatic heterocycles. The van der Waals surface area contributed by atoms with Crippen molar-refractivity contribution < 1.29 is 27.5 Å². The van der Waals surface area contributed by atoms with E-state index in [1.165, 1.54) is 6.07 Å². The van der Waals surface area contributed by atoms with Gasteiger partial charge < -0.3 is 14.5 Å². The lowest BCUT2D eigenvalue weighted by atomic mass is 10.1. The van der Waals surface area contributed by atoms with Crippen LogP contribution in [0.3, 0.4) is 0 Å². The number of alkyl halides is 3. The minimum Gasteiger partial charge on any atom is -0.484 e. The molecule has 30 heavy (non-hydrogen) atoms. The summed E-state index contributed by atoms with van der Waals surface area (Å²) >= 11 is 0. The predicted octanol–water partition coefficient (Wildman–Crippen LogP) is 4.03. The van der Waals surface area contributed by atoms with Gasteiger partial charge in [0.1, 0.15) is 5.75 Å². The number of ketones is 1. The zero-order chi connectivity index (χ0) is 21.7. The highest BCUT2D eigenvalue weighted by atomic mass is 19.4. The van der Waals surface area contributed by atoms with Gasteiger partial charge in [-0.25, -0.2) is 0 Å². The topological polar surface area (TPSA) is 49.9 Å². The molecule has 2 aromatic carbocycles. The lowest BCUT2D eigenvalue weighted by molar-refractivity contribution is -0.137. The summed E-state index contributed by atoms with van der Waals surface area (Å²) in [4.78, 5) is 27.5. The van der Waals surface area contributed by atoms with Gasteiger partial charge in [0.15, 0.2) is 12.4 Å². The molecule has 0 radical (unpaired) electrons. The first-order valence-corrected chi connectivity index (χ1v) is 9.74. The highest BCUT2D eigenvalue weighted by Crippen LogP contribution is 2.31. The molecule has 0 atom stereocenters. The summed E-state index contributed by atoms with van der Waals surface area (Å²) in [7, 11) is 0. The second kappa shape index (κ2) is 9.19. The van der Waals surface area contributed by atoms with Crippen molar-refractivity contribution in [2.45, 2.75) is 19.5 Å². The van der Waals surface area contributed by atoms with E-state index in [0.717, 1.165) is 12.1 Å². The number of carbonyl (C=O) groups excluding carboxylic acids is 2. The minimum atomic E-state index is -4.38. The van der Waals surface area contributed by atoms with E-state index in [0.29, 0.717) is 49.6 Å². The van der Waals surface area contributed by atoms with Crippen LogP contribution in [0, 0.1) is 0 Å². The van der Waals surface area contributed by atoms with Crippen molar-refractivity contribution in [3.8, 4) is 5.75 Å². The van der Waals surface area contributed by atoms with Crippen LogP contribution in [0.2, 0.25) is 0 Å². The monoisotopic (exact) mass is 420 g/mol. The molecule has 3 rings (SSSR count). The quantitative estimate of drug-likeness (QED) is 0.663. The van der Waals surface area contributed by atoms with Crippen molar-refractivity contribution >= 4 is 17.4 Å². The van der Waals surface area contributed by atoms with Crippen LogP contribution in [0.5, 0.6) is 5.75 Å². The van der Waals surface area contributed by atoms with E-state index in [1.54, 1.807) is 42.2 Å². The number of benzene rings is 2. The summed E-state index contributed by atoms with van der Waals surface area (Å²) in [6.07, 6.45) is -3.96. The van der Waals surface area contributed by atoms with E-state index >= 15 is 0 Å². The summed E-state index contributed by atoms with van der Waals surface area (Å²) < 4.78 is 44.2. The predicted molar refractivity (Wildman–Crippen MR) is 107 cm³/mol. The molecule has 1 aliphatic rings. The van der Waals surface area contributed by atoms with Gasteiger partial charge in [-0.3, -0.25) is 9.59 Å². The van der Waals surface area contributed by atoms with Gasteiger partial charge in [-0.2, -0.15) is 13.2 Å². The molecule has 160 valence electrons. The third-order valence-corrected chi connectivity index (χ3v) is 5.03. The third-order valence-electron chi connectivity index (χ3n) is 5.03. The number of piperazine rings is 1. The fourth-order valence-corrected chi connectivity index (χ4v) is 3.27. The van der Waals surface area contributed by atoms with Gasteiger partial charge in [0.2, 0.25) is 0 Å². The first-order chi connectivity index (χ1) is 14.3. The summed E-state index contributed by atoms with van der Waals surface area (Å²) in [6, 6.07) is 11.9. The number of anilines is 1. The van der Waals surface area contributed by atoms with Gasteiger partial charge in [-0.05, 0) is 42.5 Å². The van der Waals surface area contributed by atoms with E-state index in [2.05, 4.69) is 0 Å². The Morgan fingerprint density at radius 1 is 1.00 bits per heavy atom. The lowest BCUT2D eigenvalue weighted by Crippen LogP contribution is -2.50. The Labute approximate surface area is 173 Å². The molecule has 0 saturated carbocycles. The van der Waals surface area contributed by atoms with Gasteiger partial charge in [0, 0.05) is 43.9 Å². The smallest absolute Gasteiger partial charge is 0.416 e. The normalized spacial score (nSPS) is 14.5. The minimum absolute atomic E-state index is 0.0382. The molecule has 0 unspecified atom stereocenters. The molecule has 1 amide bonds. The van der Waals surface area contributed by atoms with Crippen molar-refractivity contribution in [1.82, 2.24) is 4.90 Å². The number of ether oxygens (including phenoxy) is 1. The number of nitrogens with zero attached hydrogens (tertiary/aromatic N) is 2. The Balaban J connectivity index is 1.50. The SMILES string of the molecule is CCC(=O)c1ccc(OCC(=O)N2CCN(c3cccc(C(F)(F)F)c3)CC2)cc1. The Bertz CT molecular complexity index is 889.